The van der Waals surface area contributed by atoms with E-state index in [0.29, 0.717) is 17.8 Å². The Morgan fingerprint density at radius 1 is 1.12 bits per heavy atom. The van der Waals surface area contributed by atoms with Gasteiger partial charge in [-0.15, -0.1) is 0 Å². The molecule has 6 rings (SSSR count). The maximum atomic E-state index is 13.1. The molecule has 4 bridgehead atoms. The number of pyridine rings is 1. The van der Waals surface area contributed by atoms with Gasteiger partial charge in [0.2, 0.25) is 17.6 Å². The summed E-state index contributed by atoms with van der Waals surface area (Å²) in [6, 6.07) is 1.83. The van der Waals surface area contributed by atoms with E-state index in [1.165, 1.54) is 55.4 Å². The Labute approximate surface area is 233 Å². The van der Waals surface area contributed by atoms with E-state index >= 15 is 0 Å². The summed E-state index contributed by atoms with van der Waals surface area (Å²) in [4.78, 5) is 75.3. The first-order valence-electron chi connectivity index (χ1n) is 13.4. The number of amides is 4. The van der Waals surface area contributed by atoms with Crippen LogP contribution in [0, 0.1) is 23.7 Å². The fourth-order valence-corrected chi connectivity index (χ4v) is 7.03. The third-order valence-electron chi connectivity index (χ3n) is 8.33. The number of Topliss-reactive ketones (excluding diaryl/α,β-unsaturated/α-hetero) is 1. The third-order valence-corrected chi connectivity index (χ3v) is 8.81. The summed E-state index contributed by atoms with van der Waals surface area (Å²) in [6.45, 7) is -0.190. The van der Waals surface area contributed by atoms with Crippen LogP contribution in [0.25, 0.3) is 0 Å². The number of hydrogen-bond donors (Lipinski definition) is 4. The van der Waals surface area contributed by atoms with Crippen LogP contribution >= 0.6 is 11.7 Å². The van der Waals surface area contributed by atoms with Crippen molar-refractivity contribution in [1.29, 1.82) is 0 Å². The summed E-state index contributed by atoms with van der Waals surface area (Å²) in [5.74, 6) is -0.773. The fourth-order valence-electron chi connectivity index (χ4n) is 6.62. The molecule has 0 aliphatic heterocycles. The molecule has 40 heavy (non-hydrogen) atoms. The standard InChI is InChI=1S/C26H31N7O6S/c1-27-25(38)20(34)5-4-17(29-24(37)19-11-28-40-32-19)23(36)30-18-3-2-6-33(26(18)39)12-21(35)31-22-15-8-13-7-14(10-15)16(22)9-13/h2-3,6,11,13-17,22H,4-5,7-10,12H2,1H3,(H,27,38)(H,29,37)(H,30,36)(H,31,35)/t13?,14?,15?,16?,17-,22?/m0/s1. The summed E-state index contributed by atoms with van der Waals surface area (Å²) in [7, 11) is 1.31. The van der Waals surface area contributed by atoms with Gasteiger partial charge in [0.25, 0.3) is 17.4 Å². The Morgan fingerprint density at radius 3 is 2.65 bits per heavy atom. The van der Waals surface area contributed by atoms with Crippen LogP contribution in [-0.2, 0) is 25.7 Å². The van der Waals surface area contributed by atoms with Gasteiger partial charge in [-0.3, -0.25) is 28.8 Å². The molecule has 5 unspecified atom stereocenters. The zero-order chi connectivity index (χ0) is 28.4. The topological polar surface area (TPSA) is 181 Å². The number of nitrogens with zero attached hydrogens (tertiary/aromatic N) is 3. The first-order valence-corrected chi connectivity index (χ1v) is 14.1. The summed E-state index contributed by atoms with van der Waals surface area (Å²) in [5.41, 5.74) is -0.696. The Kier molecular flexibility index (Phi) is 8.05. The molecule has 14 heteroatoms. The van der Waals surface area contributed by atoms with Gasteiger partial charge in [-0.1, -0.05) is 0 Å². The number of hydrogen-bond acceptors (Lipinski definition) is 9. The van der Waals surface area contributed by atoms with Crippen LogP contribution in [0.15, 0.2) is 29.3 Å². The maximum absolute atomic E-state index is 13.1. The van der Waals surface area contributed by atoms with Gasteiger partial charge < -0.3 is 25.8 Å². The quantitative estimate of drug-likeness (QED) is 0.275. The number of carbonyl (C=O) groups is 5. The predicted molar refractivity (Wildman–Crippen MR) is 143 cm³/mol. The smallest absolute Gasteiger partial charge is 0.287 e. The molecule has 4 saturated carbocycles. The molecule has 4 aliphatic rings. The van der Waals surface area contributed by atoms with Crippen LogP contribution in [0.4, 0.5) is 5.69 Å². The van der Waals surface area contributed by atoms with Crippen molar-refractivity contribution in [2.75, 3.05) is 12.4 Å². The van der Waals surface area contributed by atoms with Gasteiger partial charge in [0.15, 0.2) is 5.69 Å². The second kappa shape index (κ2) is 11.7. The lowest BCUT2D eigenvalue weighted by atomic mass is 9.79. The van der Waals surface area contributed by atoms with Crippen LogP contribution in [0.2, 0.25) is 0 Å². The first kappa shape index (κ1) is 27.6. The van der Waals surface area contributed by atoms with Crippen molar-refractivity contribution >= 4 is 46.8 Å². The molecule has 0 aromatic carbocycles. The Hall–Kier alpha value is -3.94. The number of aromatic nitrogens is 3. The molecule has 6 atom stereocenters. The zero-order valence-electron chi connectivity index (χ0n) is 21.9. The van der Waals surface area contributed by atoms with Crippen LogP contribution in [-0.4, -0.2) is 61.9 Å². The van der Waals surface area contributed by atoms with E-state index in [4.69, 9.17) is 0 Å². The van der Waals surface area contributed by atoms with Gasteiger partial charge in [-0.2, -0.15) is 8.75 Å². The normalized spacial score (nSPS) is 24.8. The monoisotopic (exact) mass is 569 g/mol. The number of carbonyl (C=O) groups excluding carboxylic acids is 5. The highest BCUT2D eigenvalue weighted by Gasteiger charge is 2.54. The van der Waals surface area contributed by atoms with E-state index in [0.717, 1.165) is 24.1 Å². The van der Waals surface area contributed by atoms with Crippen LogP contribution < -0.4 is 26.8 Å². The summed E-state index contributed by atoms with van der Waals surface area (Å²) >= 11 is 0.811. The highest BCUT2D eigenvalue weighted by molar-refractivity contribution is 6.99. The molecule has 4 N–H and O–H groups in total. The molecular formula is C26H31N7O6S. The molecule has 4 aliphatic carbocycles. The molecule has 2 aromatic heterocycles. The summed E-state index contributed by atoms with van der Waals surface area (Å²) in [5, 5.41) is 10.4. The number of nitrogens with one attached hydrogen (secondary N) is 4. The number of anilines is 1. The molecule has 0 spiro atoms. The van der Waals surface area contributed by atoms with Gasteiger partial charge in [-0.05, 0) is 67.9 Å². The van der Waals surface area contributed by atoms with E-state index in [1.807, 2.05) is 0 Å². The molecule has 0 saturated heterocycles. The van der Waals surface area contributed by atoms with Crippen molar-refractivity contribution in [3.63, 3.8) is 0 Å². The summed E-state index contributed by atoms with van der Waals surface area (Å²) < 4.78 is 8.81. The molecule has 212 valence electrons. The van der Waals surface area contributed by atoms with E-state index in [2.05, 4.69) is 30.0 Å². The minimum atomic E-state index is -1.26. The Balaban J connectivity index is 1.24. The number of rotatable bonds is 11. The number of likely N-dealkylation sites (N-methyl/N-ethyl adjacent to an activating group) is 1. The van der Waals surface area contributed by atoms with Gasteiger partial charge in [0.05, 0.1) is 17.9 Å². The molecule has 2 heterocycles. The molecule has 13 nitrogen and oxygen atoms in total. The predicted octanol–water partition coefficient (Wildman–Crippen LogP) is 0.0830. The minimum absolute atomic E-state index is 0.0166. The first-order chi connectivity index (χ1) is 19.2. The van der Waals surface area contributed by atoms with Crippen molar-refractivity contribution < 1.29 is 24.0 Å². The van der Waals surface area contributed by atoms with Crippen LogP contribution in [0.5, 0.6) is 0 Å². The molecule has 4 amide bonds. The fraction of sp³-hybridized carbons (Fsp3) is 0.538. The minimum Gasteiger partial charge on any atom is -0.353 e. The van der Waals surface area contributed by atoms with Gasteiger partial charge in [0, 0.05) is 25.7 Å². The van der Waals surface area contributed by atoms with Crippen molar-refractivity contribution in [1.82, 2.24) is 29.3 Å². The lowest BCUT2D eigenvalue weighted by molar-refractivity contribution is -0.137. The SMILES string of the molecule is CNC(=O)C(=O)CC[C@H](NC(=O)c1cnsn1)C(=O)Nc1cccn(CC(=O)NC2C3CC4CC(C3)C2C4)c1=O. The highest BCUT2D eigenvalue weighted by atomic mass is 32.1. The van der Waals surface area contributed by atoms with E-state index in [-0.39, 0.29) is 42.7 Å². The van der Waals surface area contributed by atoms with E-state index in [1.54, 1.807) is 0 Å². The lowest BCUT2D eigenvalue weighted by Crippen LogP contribution is -2.46. The van der Waals surface area contributed by atoms with Gasteiger partial charge in [-0.25, -0.2) is 0 Å². The van der Waals surface area contributed by atoms with Crippen molar-refractivity contribution in [3.8, 4) is 0 Å². The maximum Gasteiger partial charge on any atom is 0.287 e. The van der Waals surface area contributed by atoms with E-state index in [9.17, 15) is 28.8 Å². The molecule has 0 radical (unpaired) electrons. The van der Waals surface area contributed by atoms with Gasteiger partial charge >= 0.3 is 0 Å². The van der Waals surface area contributed by atoms with Crippen molar-refractivity contribution in [2.24, 2.45) is 23.7 Å². The Morgan fingerprint density at radius 2 is 1.93 bits per heavy atom. The largest absolute Gasteiger partial charge is 0.353 e. The molecular weight excluding hydrogens is 538 g/mol. The van der Waals surface area contributed by atoms with Crippen molar-refractivity contribution in [2.45, 2.75) is 57.2 Å². The second-order valence-electron chi connectivity index (χ2n) is 10.8. The zero-order valence-corrected chi connectivity index (χ0v) is 22.7. The average molecular weight is 570 g/mol. The lowest BCUT2D eigenvalue weighted by Gasteiger charge is -2.32. The summed E-state index contributed by atoms with van der Waals surface area (Å²) in [6.07, 6.45) is 6.93. The van der Waals surface area contributed by atoms with Crippen LogP contribution in [0.3, 0.4) is 0 Å². The average Bonchev–Trinajstić information content (AvgIpc) is 3.63. The molecule has 2 aromatic rings. The third kappa shape index (κ3) is 5.81. The van der Waals surface area contributed by atoms with E-state index < -0.39 is 35.1 Å². The number of ketones is 1. The second-order valence-corrected chi connectivity index (χ2v) is 11.3. The van der Waals surface area contributed by atoms with Crippen LogP contribution in [0.1, 0.15) is 49.0 Å². The Bertz CT molecular complexity index is 1370. The molecule has 4 fully saturated rings. The van der Waals surface area contributed by atoms with Crippen molar-refractivity contribution in [3.05, 3.63) is 40.6 Å². The van der Waals surface area contributed by atoms with Gasteiger partial charge in [0.1, 0.15) is 18.3 Å². The highest BCUT2D eigenvalue weighted by Crippen LogP contribution is 2.58.